The minimum absolute atomic E-state index is 0.0713. The molecule has 0 unspecified atom stereocenters. The Balaban J connectivity index is 1.59. The summed E-state index contributed by atoms with van der Waals surface area (Å²) in [4.78, 5) is 28.4. The summed E-state index contributed by atoms with van der Waals surface area (Å²) in [6, 6.07) is 5.93. The van der Waals surface area contributed by atoms with Gasteiger partial charge in [-0.05, 0) is 19.1 Å². The molecule has 0 radical (unpaired) electrons. The van der Waals surface area contributed by atoms with E-state index in [1.165, 1.54) is 35.2 Å². The second-order valence-electron chi connectivity index (χ2n) is 5.75. The number of amides is 2. The number of thioether (sulfide) groups is 1. The zero-order chi connectivity index (χ0) is 20.1. The maximum absolute atomic E-state index is 13.6. The van der Waals surface area contributed by atoms with Gasteiger partial charge in [-0.3, -0.25) is 9.59 Å². The first kappa shape index (κ1) is 20.0. The van der Waals surface area contributed by atoms with Gasteiger partial charge in [-0.15, -0.1) is 21.5 Å². The molecule has 0 aliphatic rings. The predicted octanol–water partition coefficient (Wildman–Crippen LogP) is 2.71. The second kappa shape index (κ2) is 8.93. The molecule has 2 amide bonds. The number of hydrogen-bond acceptors (Lipinski definition) is 7. The van der Waals surface area contributed by atoms with Gasteiger partial charge in [0.2, 0.25) is 11.8 Å². The SMILES string of the molecule is C[C@@H](Sc1nnc(CC(=O)Nc2ccccc2F)n1C)C(=O)Nc1nccs1. The van der Waals surface area contributed by atoms with Crippen molar-refractivity contribution in [2.75, 3.05) is 10.6 Å². The summed E-state index contributed by atoms with van der Waals surface area (Å²) in [7, 11) is 1.71. The third-order valence-corrected chi connectivity index (χ3v) is 5.53. The van der Waals surface area contributed by atoms with Crippen molar-refractivity contribution in [1.82, 2.24) is 19.7 Å². The lowest BCUT2D eigenvalue weighted by Gasteiger charge is -2.10. The van der Waals surface area contributed by atoms with Gasteiger partial charge in [0.15, 0.2) is 10.3 Å². The van der Waals surface area contributed by atoms with Crippen LogP contribution >= 0.6 is 23.1 Å². The molecule has 1 atom stereocenters. The lowest BCUT2D eigenvalue weighted by Crippen LogP contribution is -2.22. The van der Waals surface area contributed by atoms with E-state index < -0.39 is 17.0 Å². The average molecular weight is 420 g/mol. The van der Waals surface area contributed by atoms with Crippen molar-refractivity contribution in [1.29, 1.82) is 0 Å². The van der Waals surface area contributed by atoms with Crippen LogP contribution < -0.4 is 10.6 Å². The molecule has 0 aliphatic heterocycles. The molecule has 0 saturated carbocycles. The van der Waals surface area contributed by atoms with E-state index in [2.05, 4.69) is 25.8 Å². The number of benzene rings is 1. The first-order valence-corrected chi connectivity index (χ1v) is 9.99. The van der Waals surface area contributed by atoms with Crippen molar-refractivity contribution in [2.24, 2.45) is 7.05 Å². The maximum Gasteiger partial charge on any atom is 0.239 e. The van der Waals surface area contributed by atoms with Gasteiger partial charge in [-0.25, -0.2) is 9.37 Å². The summed E-state index contributed by atoms with van der Waals surface area (Å²) in [5.74, 6) is -0.720. The number of halogens is 1. The highest BCUT2D eigenvalue weighted by Gasteiger charge is 2.20. The highest BCUT2D eigenvalue weighted by Crippen LogP contribution is 2.23. The van der Waals surface area contributed by atoms with E-state index in [0.29, 0.717) is 16.1 Å². The van der Waals surface area contributed by atoms with E-state index in [4.69, 9.17) is 0 Å². The Morgan fingerprint density at radius 2 is 2.07 bits per heavy atom. The molecule has 0 fully saturated rings. The molecule has 0 bridgehead atoms. The van der Waals surface area contributed by atoms with Crippen LogP contribution in [-0.4, -0.2) is 36.8 Å². The number of nitrogens with zero attached hydrogens (tertiary/aromatic N) is 4. The van der Waals surface area contributed by atoms with E-state index in [-0.39, 0.29) is 18.0 Å². The second-order valence-corrected chi connectivity index (χ2v) is 7.95. The molecule has 3 rings (SSSR count). The summed E-state index contributed by atoms with van der Waals surface area (Å²) in [6.07, 6.45) is 1.54. The highest BCUT2D eigenvalue weighted by molar-refractivity contribution is 8.00. The van der Waals surface area contributed by atoms with Gasteiger partial charge in [-0.2, -0.15) is 0 Å². The Morgan fingerprint density at radius 3 is 2.79 bits per heavy atom. The summed E-state index contributed by atoms with van der Waals surface area (Å²) in [6.45, 7) is 1.74. The summed E-state index contributed by atoms with van der Waals surface area (Å²) in [5, 5.41) is 15.6. The Hall–Kier alpha value is -2.79. The van der Waals surface area contributed by atoms with E-state index >= 15 is 0 Å². The summed E-state index contributed by atoms with van der Waals surface area (Å²) < 4.78 is 15.3. The van der Waals surface area contributed by atoms with E-state index in [1.54, 1.807) is 42.2 Å². The molecule has 11 heteroatoms. The van der Waals surface area contributed by atoms with Crippen LogP contribution in [0, 0.1) is 5.82 Å². The lowest BCUT2D eigenvalue weighted by molar-refractivity contribution is -0.116. The molecule has 2 N–H and O–H groups in total. The van der Waals surface area contributed by atoms with Crippen LogP contribution in [0.2, 0.25) is 0 Å². The molecule has 0 aliphatic carbocycles. The van der Waals surface area contributed by atoms with Crippen molar-refractivity contribution in [3.8, 4) is 0 Å². The minimum atomic E-state index is -0.509. The predicted molar refractivity (Wildman–Crippen MR) is 106 cm³/mol. The minimum Gasteiger partial charge on any atom is -0.323 e. The van der Waals surface area contributed by atoms with Gasteiger partial charge in [0, 0.05) is 18.6 Å². The topological polar surface area (TPSA) is 102 Å². The van der Waals surface area contributed by atoms with Gasteiger partial charge in [0.05, 0.1) is 17.4 Å². The van der Waals surface area contributed by atoms with Crippen LogP contribution in [0.15, 0.2) is 41.0 Å². The molecule has 2 aromatic heterocycles. The van der Waals surface area contributed by atoms with Gasteiger partial charge in [0.25, 0.3) is 0 Å². The third-order valence-electron chi connectivity index (χ3n) is 3.71. The van der Waals surface area contributed by atoms with Crippen molar-refractivity contribution >= 4 is 45.7 Å². The number of thiazole rings is 1. The van der Waals surface area contributed by atoms with Gasteiger partial charge in [-0.1, -0.05) is 23.9 Å². The Morgan fingerprint density at radius 1 is 1.29 bits per heavy atom. The van der Waals surface area contributed by atoms with Gasteiger partial charge in [0.1, 0.15) is 11.6 Å². The van der Waals surface area contributed by atoms with Crippen molar-refractivity contribution in [2.45, 2.75) is 23.8 Å². The Labute approximate surface area is 168 Å². The molecular formula is C17H17FN6O2S2. The molecule has 0 spiro atoms. The zero-order valence-corrected chi connectivity index (χ0v) is 16.7. The molecule has 28 heavy (non-hydrogen) atoms. The standard InChI is InChI=1S/C17H17FN6O2S2/c1-10(15(26)21-16-19-7-8-27-16)28-17-23-22-13(24(17)2)9-14(25)20-12-6-4-3-5-11(12)18/h3-8,10H,9H2,1-2H3,(H,20,25)(H,19,21,26)/t10-/m1/s1. The molecule has 3 aromatic rings. The number of carbonyl (C=O) groups excluding carboxylic acids is 2. The summed E-state index contributed by atoms with van der Waals surface area (Å²) in [5.41, 5.74) is 0.108. The lowest BCUT2D eigenvalue weighted by atomic mass is 10.3. The number of nitrogens with one attached hydrogen (secondary N) is 2. The molecular weight excluding hydrogens is 403 g/mol. The van der Waals surface area contributed by atoms with Gasteiger partial charge >= 0.3 is 0 Å². The molecule has 2 heterocycles. The highest BCUT2D eigenvalue weighted by atomic mass is 32.2. The Bertz CT molecular complexity index is 976. The fourth-order valence-electron chi connectivity index (χ4n) is 2.21. The van der Waals surface area contributed by atoms with Crippen LogP contribution in [0.5, 0.6) is 0 Å². The first-order chi connectivity index (χ1) is 13.4. The third kappa shape index (κ3) is 4.93. The summed E-state index contributed by atoms with van der Waals surface area (Å²) >= 11 is 2.55. The molecule has 8 nitrogen and oxygen atoms in total. The van der Waals surface area contributed by atoms with Crippen LogP contribution in [0.1, 0.15) is 12.7 Å². The number of aromatic nitrogens is 4. The number of carbonyl (C=O) groups is 2. The fraction of sp³-hybridized carbons (Fsp3) is 0.235. The van der Waals surface area contributed by atoms with Crippen LogP contribution in [-0.2, 0) is 23.1 Å². The van der Waals surface area contributed by atoms with Crippen LogP contribution in [0.25, 0.3) is 0 Å². The van der Waals surface area contributed by atoms with E-state index in [9.17, 15) is 14.0 Å². The van der Waals surface area contributed by atoms with E-state index in [1.807, 2.05) is 0 Å². The smallest absolute Gasteiger partial charge is 0.239 e. The van der Waals surface area contributed by atoms with E-state index in [0.717, 1.165) is 0 Å². The number of anilines is 2. The number of para-hydroxylation sites is 1. The fourth-order valence-corrected chi connectivity index (χ4v) is 3.57. The molecule has 0 saturated heterocycles. The quantitative estimate of drug-likeness (QED) is 0.570. The molecule has 1 aromatic carbocycles. The first-order valence-electron chi connectivity index (χ1n) is 8.23. The van der Waals surface area contributed by atoms with Gasteiger partial charge < -0.3 is 15.2 Å². The van der Waals surface area contributed by atoms with Crippen molar-refractivity contribution in [3.63, 3.8) is 0 Å². The largest absolute Gasteiger partial charge is 0.323 e. The van der Waals surface area contributed by atoms with Crippen molar-refractivity contribution < 1.29 is 14.0 Å². The van der Waals surface area contributed by atoms with Crippen LogP contribution in [0.4, 0.5) is 15.2 Å². The number of rotatable bonds is 7. The average Bonchev–Trinajstić information content (AvgIpc) is 3.29. The Kier molecular flexibility index (Phi) is 6.37. The monoisotopic (exact) mass is 420 g/mol. The zero-order valence-electron chi connectivity index (χ0n) is 15.0. The molecule has 146 valence electrons. The van der Waals surface area contributed by atoms with Crippen molar-refractivity contribution in [3.05, 3.63) is 47.5 Å². The normalized spacial score (nSPS) is 11.8. The maximum atomic E-state index is 13.6. The number of hydrogen-bond donors (Lipinski definition) is 2. The van der Waals surface area contributed by atoms with Crippen LogP contribution in [0.3, 0.4) is 0 Å².